The van der Waals surface area contributed by atoms with Crippen LogP contribution in [0.15, 0.2) is 28.9 Å². The second-order valence-corrected chi connectivity index (χ2v) is 7.95. The van der Waals surface area contributed by atoms with Crippen LogP contribution in [0.5, 0.6) is 0 Å². The van der Waals surface area contributed by atoms with Gasteiger partial charge in [0.15, 0.2) is 0 Å². The van der Waals surface area contributed by atoms with Crippen molar-refractivity contribution in [1.82, 2.24) is 4.98 Å². The molecule has 5 nitrogen and oxygen atoms in total. The lowest BCUT2D eigenvalue weighted by molar-refractivity contribution is 0.601. The molecule has 0 aliphatic carbocycles. The lowest BCUT2D eigenvalue weighted by Gasteiger charge is -2.20. The van der Waals surface area contributed by atoms with Gasteiger partial charge in [-0.05, 0) is 34.1 Å². The number of nitrogens with two attached hydrogens (primary N) is 1. The van der Waals surface area contributed by atoms with Crippen LogP contribution in [-0.2, 0) is 9.84 Å². The minimum absolute atomic E-state index is 0.103. The zero-order valence-electron chi connectivity index (χ0n) is 11.3. The van der Waals surface area contributed by atoms with Crippen molar-refractivity contribution in [3.63, 3.8) is 0 Å². The van der Waals surface area contributed by atoms with Gasteiger partial charge in [-0.3, -0.25) is 4.98 Å². The smallest absolute Gasteiger partial charge is 0.149 e. The Hall–Kier alpha value is -1.34. The van der Waals surface area contributed by atoms with Crippen molar-refractivity contribution in [2.75, 3.05) is 36.2 Å². The number of benzene rings is 1. The van der Waals surface area contributed by atoms with E-state index in [4.69, 9.17) is 5.73 Å². The summed E-state index contributed by atoms with van der Waals surface area (Å²) in [7, 11) is -1.14. The summed E-state index contributed by atoms with van der Waals surface area (Å²) in [6, 6.07) is 5.58. The van der Waals surface area contributed by atoms with Gasteiger partial charge in [-0.1, -0.05) is 0 Å². The maximum Gasteiger partial charge on any atom is 0.149 e. The topological polar surface area (TPSA) is 76.3 Å². The Bertz CT molecular complexity index is 747. The fraction of sp³-hybridized carbons (Fsp3) is 0.308. The predicted octanol–water partition coefficient (Wildman–Crippen LogP) is 2.06. The first-order chi connectivity index (χ1) is 9.28. The van der Waals surface area contributed by atoms with Crippen molar-refractivity contribution >= 4 is 48.0 Å². The third-order valence-corrected chi connectivity index (χ3v) is 4.40. The maximum atomic E-state index is 11.3. The summed E-state index contributed by atoms with van der Waals surface area (Å²) >= 11 is 3.37. The third kappa shape index (κ3) is 3.40. The van der Waals surface area contributed by atoms with Gasteiger partial charge in [-0.25, -0.2) is 8.42 Å². The quantitative estimate of drug-likeness (QED) is 0.847. The summed E-state index contributed by atoms with van der Waals surface area (Å²) in [6.45, 7) is 0.412. The number of sulfone groups is 1. The maximum absolute atomic E-state index is 11.3. The van der Waals surface area contributed by atoms with Crippen LogP contribution >= 0.6 is 15.9 Å². The molecule has 0 bridgehead atoms. The van der Waals surface area contributed by atoms with Gasteiger partial charge in [0.2, 0.25) is 0 Å². The molecule has 2 N–H and O–H groups in total. The van der Waals surface area contributed by atoms with Crippen LogP contribution in [0, 0.1) is 0 Å². The average molecular weight is 358 g/mol. The first-order valence-corrected chi connectivity index (χ1v) is 8.86. The molecule has 0 amide bonds. The fourth-order valence-electron chi connectivity index (χ4n) is 1.93. The Morgan fingerprint density at radius 3 is 2.75 bits per heavy atom. The first kappa shape index (κ1) is 15.1. The Balaban J connectivity index is 2.42. The number of anilines is 2. The van der Waals surface area contributed by atoms with Gasteiger partial charge < -0.3 is 10.6 Å². The van der Waals surface area contributed by atoms with Crippen molar-refractivity contribution in [3.05, 3.63) is 28.9 Å². The zero-order valence-corrected chi connectivity index (χ0v) is 13.7. The zero-order chi connectivity index (χ0) is 14.9. The molecule has 7 heteroatoms. The lowest BCUT2D eigenvalue weighted by Crippen LogP contribution is -2.25. The number of nitrogens with zero attached hydrogens (tertiary/aromatic N) is 2. The van der Waals surface area contributed by atoms with E-state index in [1.54, 1.807) is 6.20 Å². The number of hydrogen-bond acceptors (Lipinski definition) is 5. The Kier molecular flexibility index (Phi) is 4.19. The number of fused-ring (bicyclic) bond motifs is 1. The Morgan fingerprint density at radius 1 is 1.40 bits per heavy atom. The van der Waals surface area contributed by atoms with Gasteiger partial charge in [0.25, 0.3) is 0 Å². The van der Waals surface area contributed by atoms with E-state index >= 15 is 0 Å². The lowest BCUT2D eigenvalue weighted by atomic mass is 10.1. The van der Waals surface area contributed by atoms with Crippen LogP contribution in [0.1, 0.15) is 0 Å². The molecule has 20 heavy (non-hydrogen) atoms. The number of hydrogen-bond donors (Lipinski definition) is 1. The number of rotatable bonds is 4. The highest BCUT2D eigenvalue weighted by Crippen LogP contribution is 2.30. The van der Waals surface area contributed by atoms with E-state index in [1.165, 1.54) is 6.26 Å². The molecule has 2 rings (SSSR count). The molecule has 2 aromatic rings. The van der Waals surface area contributed by atoms with E-state index in [1.807, 2.05) is 30.1 Å². The Labute approximate surface area is 126 Å². The van der Waals surface area contributed by atoms with Gasteiger partial charge in [0.05, 0.1) is 17.0 Å². The summed E-state index contributed by atoms with van der Waals surface area (Å²) in [6.07, 6.45) is 2.94. The molecule has 0 saturated carbocycles. The van der Waals surface area contributed by atoms with Gasteiger partial charge in [0, 0.05) is 41.6 Å². The van der Waals surface area contributed by atoms with Crippen molar-refractivity contribution < 1.29 is 8.42 Å². The monoisotopic (exact) mass is 357 g/mol. The van der Waals surface area contributed by atoms with Crippen molar-refractivity contribution in [2.45, 2.75) is 0 Å². The van der Waals surface area contributed by atoms with Crippen LogP contribution in [-0.4, -0.2) is 39.0 Å². The highest BCUT2D eigenvalue weighted by atomic mass is 79.9. The summed E-state index contributed by atoms with van der Waals surface area (Å²) in [5, 5.41) is 0.850. The van der Waals surface area contributed by atoms with Crippen molar-refractivity contribution in [1.29, 1.82) is 0 Å². The van der Waals surface area contributed by atoms with E-state index in [0.29, 0.717) is 12.2 Å². The molecule has 108 valence electrons. The van der Waals surface area contributed by atoms with E-state index in [2.05, 4.69) is 20.9 Å². The molecule has 1 aromatic heterocycles. The van der Waals surface area contributed by atoms with Crippen LogP contribution in [0.4, 0.5) is 11.4 Å². The normalized spacial score (nSPS) is 11.8. The van der Waals surface area contributed by atoms with E-state index in [0.717, 1.165) is 21.1 Å². The molecule has 1 heterocycles. The van der Waals surface area contributed by atoms with E-state index < -0.39 is 9.84 Å². The van der Waals surface area contributed by atoms with Gasteiger partial charge in [-0.15, -0.1) is 0 Å². The molecule has 0 aliphatic rings. The van der Waals surface area contributed by atoms with Crippen LogP contribution in [0.2, 0.25) is 0 Å². The van der Waals surface area contributed by atoms with Crippen LogP contribution < -0.4 is 10.6 Å². The van der Waals surface area contributed by atoms with Gasteiger partial charge in [0.1, 0.15) is 9.84 Å². The van der Waals surface area contributed by atoms with Crippen molar-refractivity contribution in [3.8, 4) is 0 Å². The molecular weight excluding hydrogens is 342 g/mol. The molecule has 0 unspecified atom stereocenters. The minimum atomic E-state index is -2.99. The highest BCUT2D eigenvalue weighted by Gasteiger charge is 2.12. The first-order valence-electron chi connectivity index (χ1n) is 6.00. The molecule has 0 atom stereocenters. The van der Waals surface area contributed by atoms with Crippen LogP contribution in [0.3, 0.4) is 0 Å². The molecule has 0 fully saturated rings. The number of aromatic nitrogens is 1. The molecular formula is C13H16BrN3O2S. The summed E-state index contributed by atoms with van der Waals surface area (Å²) in [5.74, 6) is 0.103. The minimum Gasteiger partial charge on any atom is -0.398 e. The van der Waals surface area contributed by atoms with E-state index in [9.17, 15) is 8.42 Å². The van der Waals surface area contributed by atoms with Gasteiger partial charge >= 0.3 is 0 Å². The number of halogens is 1. The average Bonchev–Trinajstić information content (AvgIpc) is 2.36. The second kappa shape index (κ2) is 5.57. The molecule has 1 aromatic carbocycles. The molecule has 0 saturated heterocycles. The second-order valence-electron chi connectivity index (χ2n) is 4.78. The summed E-state index contributed by atoms with van der Waals surface area (Å²) in [5.41, 5.74) is 8.24. The standard InChI is InChI=1S/C13H16BrN3O2S/c1-17(5-6-20(2,18)19)12-4-3-11(15)10-7-9(14)8-16-13(10)12/h3-4,7-8H,5-6,15H2,1-2H3. The molecule has 0 aliphatic heterocycles. The van der Waals surface area contributed by atoms with E-state index in [-0.39, 0.29) is 5.75 Å². The highest BCUT2D eigenvalue weighted by molar-refractivity contribution is 9.10. The summed E-state index contributed by atoms with van der Waals surface area (Å²) < 4.78 is 23.4. The number of pyridine rings is 1. The van der Waals surface area contributed by atoms with Crippen LogP contribution in [0.25, 0.3) is 10.9 Å². The number of nitrogen functional groups attached to an aromatic ring is 1. The SMILES string of the molecule is CN(CCS(C)(=O)=O)c1ccc(N)c2cc(Br)cnc12. The molecule has 0 spiro atoms. The Morgan fingerprint density at radius 2 is 2.10 bits per heavy atom. The largest absolute Gasteiger partial charge is 0.398 e. The third-order valence-electron chi connectivity index (χ3n) is 3.04. The molecule has 0 radical (unpaired) electrons. The predicted molar refractivity (Wildman–Crippen MR) is 86.8 cm³/mol. The van der Waals surface area contributed by atoms with Crippen molar-refractivity contribution in [2.24, 2.45) is 0 Å². The summed E-state index contributed by atoms with van der Waals surface area (Å²) in [4.78, 5) is 6.27. The van der Waals surface area contributed by atoms with Gasteiger partial charge in [-0.2, -0.15) is 0 Å². The fourth-order valence-corrected chi connectivity index (χ4v) is 2.87.